The van der Waals surface area contributed by atoms with Crippen molar-refractivity contribution in [1.82, 2.24) is 0 Å². The van der Waals surface area contributed by atoms with Gasteiger partial charge in [-0.05, 0) is 31.4 Å². The van der Waals surface area contributed by atoms with E-state index < -0.39 is 0 Å². The molecular formula is C16H25O2. The lowest BCUT2D eigenvalue weighted by molar-refractivity contribution is 0.122. The van der Waals surface area contributed by atoms with E-state index in [0.717, 1.165) is 51.3 Å². The zero-order valence-electron chi connectivity index (χ0n) is 11.3. The first-order valence-electron chi connectivity index (χ1n) is 6.98. The quantitative estimate of drug-likeness (QED) is 0.546. The minimum atomic E-state index is 0.773. The molecule has 0 bridgehead atoms. The van der Waals surface area contributed by atoms with E-state index in [1.54, 1.807) is 0 Å². The van der Waals surface area contributed by atoms with Crippen LogP contribution >= 0.6 is 0 Å². The number of hydrogen-bond donors (Lipinski definition) is 0. The van der Waals surface area contributed by atoms with Gasteiger partial charge < -0.3 is 9.47 Å². The van der Waals surface area contributed by atoms with Crippen LogP contribution in [0.5, 0.6) is 5.75 Å². The van der Waals surface area contributed by atoms with Crippen LogP contribution in [0.1, 0.15) is 38.5 Å². The normalized spacial score (nSPS) is 10.5. The molecule has 1 rings (SSSR count). The zero-order chi connectivity index (χ0) is 12.9. The Labute approximate surface area is 111 Å². The second kappa shape index (κ2) is 11.1. The van der Waals surface area contributed by atoms with Gasteiger partial charge in [-0.1, -0.05) is 44.4 Å². The maximum atomic E-state index is 5.60. The average molecular weight is 249 g/mol. The summed E-state index contributed by atoms with van der Waals surface area (Å²) in [4.78, 5) is 0. The Hall–Kier alpha value is -1.02. The minimum Gasteiger partial charge on any atom is -0.494 e. The van der Waals surface area contributed by atoms with Gasteiger partial charge in [-0.25, -0.2) is 0 Å². The lowest BCUT2D eigenvalue weighted by Crippen LogP contribution is -2.01. The second-order valence-corrected chi connectivity index (χ2v) is 4.40. The molecule has 1 aromatic rings. The molecule has 0 aliphatic carbocycles. The summed E-state index contributed by atoms with van der Waals surface area (Å²) in [7, 11) is 0. The topological polar surface area (TPSA) is 18.5 Å². The molecule has 0 atom stereocenters. The molecule has 0 saturated carbocycles. The maximum Gasteiger partial charge on any atom is 0.119 e. The van der Waals surface area contributed by atoms with Gasteiger partial charge in [0.05, 0.1) is 6.61 Å². The molecule has 0 saturated heterocycles. The third-order valence-corrected chi connectivity index (χ3v) is 2.73. The summed E-state index contributed by atoms with van der Waals surface area (Å²) < 4.78 is 11.2. The lowest BCUT2D eigenvalue weighted by atomic mass is 10.2. The van der Waals surface area contributed by atoms with Crippen LogP contribution < -0.4 is 4.74 Å². The molecule has 2 nitrogen and oxygen atoms in total. The van der Waals surface area contributed by atoms with E-state index >= 15 is 0 Å². The van der Waals surface area contributed by atoms with E-state index in [9.17, 15) is 0 Å². The highest BCUT2D eigenvalue weighted by molar-refractivity contribution is 5.20. The first-order chi connectivity index (χ1) is 8.93. The van der Waals surface area contributed by atoms with Gasteiger partial charge in [0.1, 0.15) is 5.75 Å². The van der Waals surface area contributed by atoms with E-state index in [-0.39, 0.29) is 0 Å². The van der Waals surface area contributed by atoms with Crippen LogP contribution in [0.3, 0.4) is 0 Å². The predicted octanol–water partition coefficient (Wildman–Crippen LogP) is 4.26. The number of para-hydroxylation sites is 1. The molecule has 2 heteroatoms. The summed E-state index contributed by atoms with van der Waals surface area (Å²) in [5.41, 5.74) is 0. The van der Waals surface area contributed by atoms with Crippen molar-refractivity contribution in [3.63, 3.8) is 0 Å². The monoisotopic (exact) mass is 249 g/mol. The van der Waals surface area contributed by atoms with Crippen molar-refractivity contribution < 1.29 is 9.47 Å². The van der Waals surface area contributed by atoms with Crippen molar-refractivity contribution in [1.29, 1.82) is 0 Å². The van der Waals surface area contributed by atoms with Crippen molar-refractivity contribution in [2.24, 2.45) is 0 Å². The highest BCUT2D eigenvalue weighted by Gasteiger charge is 1.93. The largest absolute Gasteiger partial charge is 0.494 e. The minimum absolute atomic E-state index is 0.773. The highest BCUT2D eigenvalue weighted by Crippen LogP contribution is 2.08. The zero-order valence-corrected chi connectivity index (χ0v) is 11.3. The second-order valence-electron chi connectivity index (χ2n) is 4.40. The molecule has 18 heavy (non-hydrogen) atoms. The van der Waals surface area contributed by atoms with Crippen LogP contribution in [0.15, 0.2) is 30.3 Å². The highest BCUT2D eigenvalue weighted by atomic mass is 16.5. The van der Waals surface area contributed by atoms with Crippen LogP contribution in [-0.4, -0.2) is 19.8 Å². The molecule has 0 spiro atoms. The summed E-state index contributed by atoms with van der Waals surface area (Å²) in [5, 5.41) is 0. The molecular weight excluding hydrogens is 224 g/mol. The van der Waals surface area contributed by atoms with E-state index in [4.69, 9.17) is 9.47 Å². The summed E-state index contributed by atoms with van der Waals surface area (Å²) in [6.07, 6.45) is 6.78. The Morgan fingerprint density at radius 2 is 1.44 bits per heavy atom. The number of rotatable bonds is 11. The smallest absolute Gasteiger partial charge is 0.119 e. The number of unbranched alkanes of at least 4 members (excludes halogenated alkanes) is 4. The van der Waals surface area contributed by atoms with Gasteiger partial charge >= 0.3 is 0 Å². The van der Waals surface area contributed by atoms with Crippen LogP contribution in [-0.2, 0) is 4.74 Å². The Balaban J connectivity index is 1.82. The molecule has 0 heterocycles. The molecule has 0 amide bonds. The summed E-state index contributed by atoms with van der Waals surface area (Å²) in [6.45, 7) is 6.33. The van der Waals surface area contributed by atoms with Crippen molar-refractivity contribution in [2.75, 3.05) is 19.8 Å². The van der Waals surface area contributed by atoms with Crippen LogP contribution in [0.25, 0.3) is 0 Å². The van der Waals surface area contributed by atoms with Gasteiger partial charge in [0, 0.05) is 13.2 Å². The lowest BCUT2D eigenvalue weighted by Gasteiger charge is -2.06. The van der Waals surface area contributed by atoms with Crippen molar-refractivity contribution in [2.45, 2.75) is 38.5 Å². The summed E-state index contributed by atoms with van der Waals surface area (Å²) in [5.74, 6) is 0.951. The Kier molecular flexibility index (Phi) is 9.27. The fourth-order valence-corrected chi connectivity index (χ4v) is 1.67. The van der Waals surface area contributed by atoms with Gasteiger partial charge in [-0.3, -0.25) is 0 Å². The number of hydrogen-bond acceptors (Lipinski definition) is 2. The Morgan fingerprint density at radius 1 is 0.778 bits per heavy atom. The van der Waals surface area contributed by atoms with Crippen LogP contribution in [0, 0.1) is 6.92 Å². The summed E-state index contributed by atoms with van der Waals surface area (Å²) >= 11 is 0. The third-order valence-electron chi connectivity index (χ3n) is 2.73. The number of ether oxygens (including phenoxy) is 2. The van der Waals surface area contributed by atoms with E-state index in [1.807, 2.05) is 30.3 Å². The van der Waals surface area contributed by atoms with Gasteiger partial charge in [0.15, 0.2) is 0 Å². The van der Waals surface area contributed by atoms with Gasteiger partial charge in [0.2, 0.25) is 0 Å². The molecule has 1 aromatic carbocycles. The molecule has 0 aliphatic rings. The third kappa shape index (κ3) is 8.13. The average Bonchev–Trinajstić information content (AvgIpc) is 2.42. The van der Waals surface area contributed by atoms with Gasteiger partial charge in [-0.2, -0.15) is 0 Å². The first-order valence-corrected chi connectivity index (χ1v) is 6.98. The molecule has 0 fully saturated rings. The van der Waals surface area contributed by atoms with Crippen molar-refractivity contribution in [3.05, 3.63) is 37.3 Å². The van der Waals surface area contributed by atoms with Gasteiger partial charge in [0.25, 0.3) is 0 Å². The predicted molar refractivity (Wildman–Crippen MR) is 75.8 cm³/mol. The van der Waals surface area contributed by atoms with Crippen LogP contribution in [0.2, 0.25) is 0 Å². The fraction of sp³-hybridized carbons (Fsp3) is 0.562. The summed E-state index contributed by atoms with van der Waals surface area (Å²) in [6, 6.07) is 9.95. The molecule has 0 aliphatic heterocycles. The Morgan fingerprint density at radius 3 is 2.17 bits per heavy atom. The van der Waals surface area contributed by atoms with Gasteiger partial charge in [-0.15, -0.1) is 0 Å². The maximum absolute atomic E-state index is 5.60. The molecule has 101 valence electrons. The molecule has 0 unspecified atom stereocenters. The van der Waals surface area contributed by atoms with Crippen LogP contribution in [0.4, 0.5) is 0 Å². The van der Waals surface area contributed by atoms with E-state index in [0.29, 0.717) is 0 Å². The SMILES string of the molecule is [CH2]CCCCCOCCCCOc1ccccc1. The van der Waals surface area contributed by atoms with Crippen molar-refractivity contribution in [3.8, 4) is 5.75 Å². The van der Waals surface area contributed by atoms with E-state index in [1.165, 1.54) is 12.8 Å². The Bertz CT molecular complexity index is 272. The molecule has 0 N–H and O–H groups in total. The van der Waals surface area contributed by atoms with E-state index in [2.05, 4.69) is 6.92 Å². The van der Waals surface area contributed by atoms with Crippen molar-refractivity contribution >= 4 is 0 Å². The number of benzene rings is 1. The fourth-order valence-electron chi connectivity index (χ4n) is 1.67. The first kappa shape index (κ1) is 15.0. The molecule has 1 radical (unpaired) electrons. The standard InChI is InChI=1S/C16H25O2/c1-2-3-4-8-13-17-14-9-10-15-18-16-11-6-5-7-12-16/h5-7,11-12H,1-4,8-10,13-15H2. The molecule has 0 aromatic heterocycles.